The zero-order valence-corrected chi connectivity index (χ0v) is 8.81. The summed E-state index contributed by atoms with van der Waals surface area (Å²) < 4.78 is 0. The molecule has 0 bridgehead atoms. The molecule has 0 aromatic heterocycles. The maximum atomic E-state index is 2.59. The van der Waals surface area contributed by atoms with Crippen LogP contribution < -0.4 is 0 Å². The molecule has 14 heavy (non-hydrogen) atoms. The van der Waals surface area contributed by atoms with Crippen molar-refractivity contribution in [1.82, 2.24) is 0 Å². The molecule has 3 fully saturated rings. The normalized spacial score (nSPS) is 34.9. The van der Waals surface area contributed by atoms with E-state index in [0.29, 0.717) is 10.8 Å². The predicted molar refractivity (Wildman–Crippen MR) is 58.0 cm³/mol. The molecule has 0 aromatic carbocycles. The van der Waals surface area contributed by atoms with Crippen LogP contribution in [0.1, 0.15) is 51.4 Å². The van der Waals surface area contributed by atoms with Gasteiger partial charge < -0.3 is 0 Å². The van der Waals surface area contributed by atoms with Crippen LogP contribution in [0.4, 0.5) is 0 Å². The van der Waals surface area contributed by atoms with Gasteiger partial charge in [0.1, 0.15) is 0 Å². The summed E-state index contributed by atoms with van der Waals surface area (Å²) in [5.41, 5.74) is 5.18. The highest BCUT2D eigenvalue weighted by atomic mass is 14.7. The fourth-order valence-electron chi connectivity index (χ4n) is 3.82. The first-order chi connectivity index (χ1) is 6.86. The van der Waals surface area contributed by atoms with E-state index in [1.165, 1.54) is 51.4 Å². The maximum Gasteiger partial charge on any atom is 0.000623 e. The summed E-state index contributed by atoms with van der Waals surface area (Å²) in [5.74, 6) is 0. The van der Waals surface area contributed by atoms with Gasteiger partial charge in [0.15, 0.2) is 0 Å². The molecule has 0 radical (unpaired) electrons. The van der Waals surface area contributed by atoms with Crippen LogP contribution in [-0.4, -0.2) is 0 Å². The van der Waals surface area contributed by atoms with Crippen LogP contribution in [0.3, 0.4) is 0 Å². The topological polar surface area (TPSA) is 0 Å². The fraction of sp³-hybridized carbons (Fsp3) is 0.714. The summed E-state index contributed by atoms with van der Waals surface area (Å²) in [6.07, 6.45) is 16.7. The van der Waals surface area contributed by atoms with Crippen molar-refractivity contribution < 1.29 is 0 Å². The molecule has 0 amide bonds. The van der Waals surface area contributed by atoms with E-state index < -0.39 is 0 Å². The molecule has 0 N–H and O–H groups in total. The summed E-state index contributed by atoms with van der Waals surface area (Å²) >= 11 is 0. The maximum absolute atomic E-state index is 2.59. The molecule has 0 heterocycles. The minimum atomic E-state index is 0.675. The van der Waals surface area contributed by atoms with Gasteiger partial charge >= 0.3 is 0 Å². The van der Waals surface area contributed by atoms with Crippen LogP contribution in [0.5, 0.6) is 0 Å². The first-order valence-electron chi connectivity index (χ1n) is 6.26. The van der Waals surface area contributed by atoms with Crippen molar-refractivity contribution in [2.24, 2.45) is 10.8 Å². The Kier molecular flexibility index (Phi) is 1.20. The number of rotatable bonds is 0. The van der Waals surface area contributed by atoms with Crippen LogP contribution >= 0.6 is 0 Å². The monoisotopic (exact) mass is 186 g/mol. The fourth-order valence-corrected chi connectivity index (χ4v) is 3.82. The zero-order chi connectivity index (χ0) is 9.23. The first-order valence-corrected chi connectivity index (χ1v) is 6.26. The molecule has 4 aliphatic rings. The smallest absolute Gasteiger partial charge is 0.000623 e. The third-order valence-electron chi connectivity index (χ3n) is 4.99. The SMILES string of the molecule is C1=CC2(CC2)C2(CC2)C(=C2CC2)CC1. The molecule has 0 aliphatic heterocycles. The van der Waals surface area contributed by atoms with Crippen LogP contribution in [0.25, 0.3) is 0 Å². The number of hydrogen-bond acceptors (Lipinski definition) is 0. The van der Waals surface area contributed by atoms with E-state index in [1.54, 1.807) is 0 Å². The molecule has 4 rings (SSSR count). The molecule has 3 saturated carbocycles. The van der Waals surface area contributed by atoms with E-state index in [4.69, 9.17) is 0 Å². The minimum Gasteiger partial charge on any atom is -0.0876 e. The quantitative estimate of drug-likeness (QED) is 0.502. The van der Waals surface area contributed by atoms with Gasteiger partial charge in [0.05, 0.1) is 0 Å². The lowest BCUT2D eigenvalue weighted by molar-refractivity contribution is 0.406. The van der Waals surface area contributed by atoms with Crippen molar-refractivity contribution in [2.45, 2.75) is 51.4 Å². The van der Waals surface area contributed by atoms with Crippen molar-refractivity contribution in [2.75, 3.05) is 0 Å². The molecule has 4 aliphatic carbocycles. The Hall–Kier alpha value is -0.520. The number of allylic oxidation sites excluding steroid dienone is 4. The lowest BCUT2D eigenvalue weighted by Crippen LogP contribution is -2.16. The summed E-state index contributed by atoms with van der Waals surface area (Å²) in [5, 5.41) is 0. The Labute approximate surface area is 86.1 Å². The molecule has 0 saturated heterocycles. The highest BCUT2D eigenvalue weighted by Crippen LogP contribution is 2.76. The Morgan fingerprint density at radius 2 is 1.71 bits per heavy atom. The van der Waals surface area contributed by atoms with E-state index in [0.717, 1.165) is 0 Å². The second kappa shape index (κ2) is 2.18. The molecule has 2 spiro atoms. The van der Waals surface area contributed by atoms with Gasteiger partial charge in [-0.1, -0.05) is 23.3 Å². The standard InChI is InChI=1S/C14H18/c1-2-6-13(7-8-13)14(9-10-14)12(3-1)11-4-5-11/h2,6H,1,3-5,7-10H2. The van der Waals surface area contributed by atoms with E-state index in [-0.39, 0.29) is 0 Å². The third-order valence-corrected chi connectivity index (χ3v) is 4.99. The van der Waals surface area contributed by atoms with Crippen LogP contribution in [-0.2, 0) is 0 Å². The summed E-state index contributed by atoms with van der Waals surface area (Å²) in [7, 11) is 0. The van der Waals surface area contributed by atoms with Gasteiger partial charge in [-0.25, -0.2) is 0 Å². The minimum absolute atomic E-state index is 0.675. The van der Waals surface area contributed by atoms with Crippen molar-refractivity contribution in [3.05, 3.63) is 23.3 Å². The molecular weight excluding hydrogens is 168 g/mol. The van der Waals surface area contributed by atoms with Crippen LogP contribution in [0.15, 0.2) is 23.3 Å². The van der Waals surface area contributed by atoms with E-state index in [1.807, 2.05) is 11.1 Å². The van der Waals surface area contributed by atoms with E-state index in [9.17, 15) is 0 Å². The Bertz CT molecular complexity index is 342. The summed E-state index contributed by atoms with van der Waals surface area (Å²) in [6.45, 7) is 0. The largest absolute Gasteiger partial charge is 0.0876 e. The summed E-state index contributed by atoms with van der Waals surface area (Å²) in [6, 6.07) is 0. The lowest BCUT2D eigenvalue weighted by atomic mass is 9.78. The molecular formula is C14H18. The highest BCUT2D eigenvalue weighted by Gasteiger charge is 2.66. The third kappa shape index (κ3) is 0.809. The first kappa shape index (κ1) is 7.73. The van der Waals surface area contributed by atoms with Crippen molar-refractivity contribution >= 4 is 0 Å². The average Bonchev–Trinajstić information content (AvgIpc) is 3.02. The zero-order valence-electron chi connectivity index (χ0n) is 8.81. The molecule has 0 heteroatoms. The number of fused-ring (bicyclic) bond motifs is 1. The summed E-state index contributed by atoms with van der Waals surface area (Å²) in [4.78, 5) is 0. The van der Waals surface area contributed by atoms with Gasteiger partial charge in [-0.3, -0.25) is 0 Å². The lowest BCUT2D eigenvalue weighted by Gasteiger charge is -2.25. The van der Waals surface area contributed by atoms with Crippen LogP contribution in [0.2, 0.25) is 0 Å². The van der Waals surface area contributed by atoms with Crippen LogP contribution in [0, 0.1) is 10.8 Å². The van der Waals surface area contributed by atoms with Crippen molar-refractivity contribution in [1.29, 1.82) is 0 Å². The van der Waals surface area contributed by atoms with Gasteiger partial charge in [-0.15, -0.1) is 0 Å². The Balaban J connectivity index is 1.85. The van der Waals surface area contributed by atoms with E-state index in [2.05, 4.69) is 12.2 Å². The molecule has 0 nitrogen and oxygen atoms in total. The van der Waals surface area contributed by atoms with Gasteiger partial charge in [0, 0.05) is 5.41 Å². The second-order valence-corrected chi connectivity index (χ2v) is 5.76. The number of hydrogen-bond donors (Lipinski definition) is 0. The van der Waals surface area contributed by atoms with E-state index >= 15 is 0 Å². The second-order valence-electron chi connectivity index (χ2n) is 5.76. The Morgan fingerprint density at radius 3 is 2.29 bits per heavy atom. The van der Waals surface area contributed by atoms with Crippen molar-refractivity contribution in [3.63, 3.8) is 0 Å². The average molecular weight is 186 g/mol. The predicted octanol–water partition coefficient (Wildman–Crippen LogP) is 3.99. The molecule has 0 unspecified atom stereocenters. The van der Waals surface area contributed by atoms with Gasteiger partial charge in [0.25, 0.3) is 0 Å². The van der Waals surface area contributed by atoms with Gasteiger partial charge in [-0.2, -0.15) is 0 Å². The molecule has 74 valence electrons. The Morgan fingerprint density at radius 1 is 0.929 bits per heavy atom. The van der Waals surface area contributed by atoms with Gasteiger partial charge in [-0.05, 0) is 56.8 Å². The molecule has 0 aromatic rings. The highest BCUT2D eigenvalue weighted by molar-refractivity contribution is 5.42. The molecule has 0 atom stereocenters. The van der Waals surface area contributed by atoms with Gasteiger partial charge in [0.2, 0.25) is 0 Å². The van der Waals surface area contributed by atoms with Crippen molar-refractivity contribution in [3.8, 4) is 0 Å².